The lowest BCUT2D eigenvalue weighted by molar-refractivity contribution is -0.323. The summed E-state index contributed by atoms with van der Waals surface area (Å²) in [6.07, 6.45) is 5.48. The third-order valence-electron chi connectivity index (χ3n) is 2.62. The standard InChI is InChI=1S/C9H16O2/c1-7-6-8-4-3-5-9(2,10-7)11-8/h7-8H,3-6H2,1-2H3/t7-,8+,9-/m0/s1. The second-order valence-corrected chi connectivity index (χ2v) is 3.93. The second-order valence-electron chi connectivity index (χ2n) is 3.93. The van der Waals surface area contributed by atoms with Crippen LogP contribution in [0.4, 0.5) is 0 Å². The van der Waals surface area contributed by atoms with Crippen LogP contribution in [-0.4, -0.2) is 18.0 Å². The molecule has 0 aromatic carbocycles. The number of hydrogen-bond acceptors (Lipinski definition) is 2. The fourth-order valence-electron chi connectivity index (χ4n) is 2.22. The highest BCUT2D eigenvalue weighted by atomic mass is 16.7. The second kappa shape index (κ2) is 2.46. The molecule has 0 spiro atoms. The van der Waals surface area contributed by atoms with E-state index in [0.717, 1.165) is 12.8 Å². The zero-order valence-electron chi connectivity index (χ0n) is 7.30. The maximum atomic E-state index is 5.76. The minimum Gasteiger partial charge on any atom is -0.347 e. The van der Waals surface area contributed by atoms with Gasteiger partial charge in [0.1, 0.15) is 0 Å². The van der Waals surface area contributed by atoms with Crippen LogP contribution in [0.25, 0.3) is 0 Å². The van der Waals surface area contributed by atoms with E-state index in [2.05, 4.69) is 13.8 Å². The van der Waals surface area contributed by atoms with Gasteiger partial charge in [0.15, 0.2) is 5.79 Å². The first-order chi connectivity index (χ1) is 5.18. The van der Waals surface area contributed by atoms with Gasteiger partial charge in [-0.05, 0) is 33.1 Å². The zero-order chi connectivity index (χ0) is 7.90. The molecule has 0 saturated carbocycles. The summed E-state index contributed by atoms with van der Waals surface area (Å²) in [6, 6.07) is 0. The fraction of sp³-hybridized carbons (Fsp3) is 1.00. The summed E-state index contributed by atoms with van der Waals surface area (Å²) >= 11 is 0. The van der Waals surface area contributed by atoms with E-state index in [4.69, 9.17) is 9.47 Å². The van der Waals surface area contributed by atoms with Crippen molar-refractivity contribution in [3.63, 3.8) is 0 Å². The summed E-state index contributed by atoms with van der Waals surface area (Å²) in [7, 11) is 0. The van der Waals surface area contributed by atoms with Crippen molar-refractivity contribution in [3.8, 4) is 0 Å². The van der Waals surface area contributed by atoms with E-state index in [0.29, 0.717) is 12.2 Å². The van der Waals surface area contributed by atoms with E-state index in [1.165, 1.54) is 12.8 Å². The molecule has 64 valence electrons. The Balaban J connectivity index is 2.09. The van der Waals surface area contributed by atoms with Gasteiger partial charge in [-0.3, -0.25) is 0 Å². The van der Waals surface area contributed by atoms with Gasteiger partial charge in [0.05, 0.1) is 12.2 Å². The summed E-state index contributed by atoms with van der Waals surface area (Å²) in [5.41, 5.74) is 0. The van der Waals surface area contributed by atoms with Crippen molar-refractivity contribution < 1.29 is 9.47 Å². The van der Waals surface area contributed by atoms with Crippen LogP contribution in [0.15, 0.2) is 0 Å². The van der Waals surface area contributed by atoms with Crippen molar-refractivity contribution in [2.45, 2.75) is 57.5 Å². The monoisotopic (exact) mass is 156 g/mol. The fourth-order valence-corrected chi connectivity index (χ4v) is 2.22. The predicted octanol–water partition coefficient (Wildman–Crippen LogP) is 2.08. The van der Waals surface area contributed by atoms with Crippen molar-refractivity contribution in [3.05, 3.63) is 0 Å². The lowest BCUT2D eigenvalue weighted by atomic mass is 9.96. The molecule has 0 aliphatic carbocycles. The minimum absolute atomic E-state index is 0.249. The Morgan fingerprint density at radius 2 is 2.18 bits per heavy atom. The quantitative estimate of drug-likeness (QED) is 0.534. The molecule has 2 aliphatic heterocycles. The van der Waals surface area contributed by atoms with Gasteiger partial charge in [-0.25, -0.2) is 0 Å². The molecule has 0 N–H and O–H groups in total. The van der Waals surface area contributed by atoms with Crippen molar-refractivity contribution in [1.29, 1.82) is 0 Å². The van der Waals surface area contributed by atoms with Crippen molar-refractivity contribution in [1.82, 2.24) is 0 Å². The summed E-state index contributed by atoms with van der Waals surface area (Å²) in [5.74, 6) is -0.249. The predicted molar refractivity (Wildman–Crippen MR) is 42.3 cm³/mol. The Kier molecular flexibility index (Phi) is 1.69. The van der Waals surface area contributed by atoms with Gasteiger partial charge in [-0.1, -0.05) is 0 Å². The number of ether oxygens (including phenoxy) is 2. The molecule has 2 bridgehead atoms. The first-order valence-corrected chi connectivity index (χ1v) is 4.54. The van der Waals surface area contributed by atoms with Crippen LogP contribution in [-0.2, 0) is 9.47 Å². The number of hydrogen-bond donors (Lipinski definition) is 0. The van der Waals surface area contributed by atoms with Crippen LogP contribution in [0.3, 0.4) is 0 Å². The topological polar surface area (TPSA) is 18.5 Å². The van der Waals surface area contributed by atoms with Crippen molar-refractivity contribution in [2.24, 2.45) is 0 Å². The van der Waals surface area contributed by atoms with Gasteiger partial charge >= 0.3 is 0 Å². The molecule has 0 radical (unpaired) electrons. The highest BCUT2D eigenvalue weighted by Crippen LogP contribution is 2.37. The Morgan fingerprint density at radius 3 is 2.91 bits per heavy atom. The van der Waals surface area contributed by atoms with Crippen molar-refractivity contribution in [2.75, 3.05) is 0 Å². The van der Waals surface area contributed by atoms with E-state index >= 15 is 0 Å². The SMILES string of the molecule is C[C@H]1C[C@H]2CCC[C@](C)(O2)O1. The largest absolute Gasteiger partial charge is 0.347 e. The first-order valence-electron chi connectivity index (χ1n) is 4.54. The molecule has 2 aliphatic rings. The van der Waals surface area contributed by atoms with Crippen molar-refractivity contribution >= 4 is 0 Å². The average molecular weight is 156 g/mol. The van der Waals surface area contributed by atoms with Crippen LogP contribution in [0, 0.1) is 0 Å². The summed E-state index contributed by atoms with van der Waals surface area (Å²) in [5, 5.41) is 0. The molecule has 2 heterocycles. The molecule has 0 unspecified atom stereocenters. The maximum Gasteiger partial charge on any atom is 0.166 e. The molecular weight excluding hydrogens is 140 g/mol. The van der Waals surface area contributed by atoms with Gasteiger partial charge in [-0.2, -0.15) is 0 Å². The molecule has 0 amide bonds. The zero-order valence-corrected chi connectivity index (χ0v) is 7.30. The van der Waals surface area contributed by atoms with Gasteiger partial charge in [0, 0.05) is 6.42 Å². The highest BCUT2D eigenvalue weighted by Gasteiger charge is 2.40. The molecule has 11 heavy (non-hydrogen) atoms. The van der Waals surface area contributed by atoms with Gasteiger partial charge in [0.2, 0.25) is 0 Å². The van der Waals surface area contributed by atoms with Gasteiger partial charge < -0.3 is 9.47 Å². The summed E-state index contributed by atoms with van der Waals surface area (Å²) in [6.45, 7) is 4.20. The Morgan fingerprint density at radius 1 is 1.36 bits per heavy atom. The molecular formula is C9H16O2. The Bertz CT molecular complexity index is 154. The smallest absolute Gasteiger partial charge is 0.166 e. The summed E-state index contributed by atoms with van der Waals surface area (Å²) < 4.78 is 11.5. The molecule has 2 heteroatoms. The number of fused-ring (bicyclic) bond motifs is 2. The maximum absolute atomic E-state index is 5.76. The van der Waals surface area contributed by atoms with E-state index in [9.17, 15) is 0 Å². The van der Waals surface area contributed by atoms with E-state index in [1.54, 1.807) is 0 Å². The van der Waals surface area contributed by atoms with Gasteiger partial charge in [0.25, 0.3) is 0 Å². The third kappa shape index (κ3) is 1.42. The van der Waals surface area contributed by atoms with Gasteiger partial charge in [-0.15, -0.1) is 0 Å². The first kappa shape index (κ1) is 7.56. The van der Waals surface area contributed by atoms with E-state index in [1.807, 2.05) is 0 Å². The van der Waals surface area contributed by atoms with Crippen LogP contribution in [0.5, 0.6) is 0 Å². The molecule has 2 saturated heterocycles. The molecule has 2 rings (SSSR count). The van der Waals surface area contributed by atoms with Crippen LogP contribution in [0.1, 0.15) is 39.5 Å². The Labute approximate surface area is 67.9 Å². The molecule has 3 atom stereocenters. The highest BCUT2D eigenvalue weighted by molar-refractivity contribution is 4.81. The van der Waals surface area contributed by atoms with E-state index in [-0.39, 0.29) is 5.79 Å². The minimum atomic E-state index is -0.249. The molecule has 0 aromatic rings. The molecule has 2 nitrogen and oxygen atoms in total. The molecule has 0 aromatic heterocycles. The Hall–Kier alpha value is -0.0800. The van der Waals surface area contributed by atoms with E-state index < -0.39 is 0 Å². The van der Waals surface area contributed by atoms with Crippen LogP contribution in [0.2, 0.25) is 0 Å². The molecule has 2 fully saturated rings. The van der Waals surface area contributed by atoms with Crippen LogP contribution < -0.4 is 0 Å². The third-order valence-corrected chi connectivity index (χ3v) is 2.62. The average Bonchev–Trinajstić information content (AvgIpc) is 1.82. The lowest BCUT2D eigenvalue weighted by Crippen LogP contribution is -2.48. The van der Waals surface area contributed by atoms with Crippen LogP contribution >= 0.6 is 0 Å². The summed E-state index contributed by atoms with van der Waals surface area (Å²) in [4.78, 5) is 0. The number of rotatable bonds is 0. The normalized spacial score (nSPS) is 50.7. The lowest BCUT2D eigenvalue weighted by Gasteiger charge is -2.45.